The zero-order valence-electron chi connectivity index (χ0n) is 12.5. The Balaban J connectivity index is 2.09. The number of amides is 2. The fourth-order valence-electron chi connectivity index (χ4n) is 2.32. The average molecular weight is 308 g/mol. The number of urea groups is 1. The van der Waals surface area contributed by atoms with E-state index in [1.807, 2.05) is 11.8 Å². The van der Waals surface area contributed by atoms with Gasteiger partial charge in [-0.1, -0.05) is 6.07 Å². The first-order valence-corrected chi connectivity index (χ1v) is 7.81. The third kappa shape index (κ3) is 3.91. The van der Waals surface area contributed by atoms with Crippen molar-refractivity contribution >= 4 is 29.4 Å². The van der Waals surface area contributed by atoms with Gasteiger partial charge in [-0.2, -0.15) is 11.8 Å². The van der Waals surface area contributed by atoms with Gasteiger partial charge in [0.2, 0.25) is 0 Å². The number of anilines is 1. The van der Waals surface area contributed by atoms with Crippen molar-refractivity contribution in [3.8, 4) is 0 Å². The van der Waals surface area contributed by atoms with Gasteiger partial charge in [0.15, 0.2) is 0 Å². The van der Waals surface area contributed by atoms with E-state index in [-0.39, 0.29) is 16.3 Å². The largest absolute Gasteiger partial charge is 0.478 e. The van der Waals surface area contributed by atoms with E-state index >= 15 is 0 Å². The fraction of sp³-hybridized carbons (Fsp3) is 0.467. The summed E-state index contributed by atoms with van der Waals surface area (Å²) in [4.78, 5) is 25.2. The summed E-state index contributed by atoms with van der Waals surface area (Å²) in [5.41, 5.74) is 1.40. The summed E-state index contributed by atoms with van der Waals surface area (Å²) in [7, 11) is 0. The molecule has 2 rings (SSSR count). The number of hydrogen-bond acceptors (Lipinski definition) is 3. The molecule has 21 heavy (non-hydrogen) atoms. The number of nitrogens with one attached hydrogen (secondary N) is 1. The van der Waals surface area contributed by atoms with E-state index in [4.69, 9.17) is 5.11 Å². The summed E-state index contributed by atoms with van der Waals surface area (Å²) in [6.45, 7) is 7.36. The van der Waals surface area contributed by atoms with Gasteiger partial charge in [0.25, 0.3) is 0 Å². The number of aryl methyl sites for hydroxylation is 1. The molecule has 5 nitrogen and oxygen atoms in total. The van der Waals surface area contributed by atoms with Crippen molar-refractivity contribution in [2.24, 2.45) is 0 Å². The predicted octanol–water partition coefficient (Wildman–Crippen LogP) is 3.05. The van der Waals surface area contributed by atoms with E-state index in [0.29, 0.717) is 24.3 Å². The third-order valence-corrected chi connectivity index (χ3v) is 4.73. The van der Waals surface area contributed by atoms with E-state index < -0.39 is 5.97 Å². The third-order valence-electron chi connectivity index (χ3n) is 3.43. The van der Waals surface area contributed by atoms with Crippen LogP contribution in [0.1, 0.15) is 29.8 Å². The number of rotatable bonds is 2. The van der Waals surface area contributed by atoms with Crippen LogP contribution in [-0.4, -0.2) is 45.6 Å². The molecule has 0 aliphatic carbocycles. The van der Waals surface area contributed by atoms with Gasteiger partial charge < -0.3 is 15.3 Å². The predicted molar refractivity (Wildman–Crippen MR) is 85.3 cm³/mol. The number of benzene rings is 1. The highest BCUT2D eigenvalue weighted by molar-refractivity contribution is 8.00. The van der Waals surface area contributed by atoms with Crippen LogP contribution in [-0.2, 0) is 0 Å². The Labute approximate surface area is 128 Å². The SMILES string of the molecule is Cc1ccc(NC(=O)N2CCSC(C)(C)C2)cc1C(=O)O. The normalized spacial score (nSPS) is 17.4. The first kappa shape index (κ1) is 15.7. The van der Waals surface area contributed by atoms with Gasteiger partial charge in [-0.05, 0) is 38.5 Å². The number of nitrogens with zero attached hydrogens (tertiary/aromatic N) is 1. The molecule has 1 heterocycles. The summed E-state index contributed by atoms with van der Waals surface area (Å²) in [6.07, 6.45) is 0. The Bertz CT molecular complexity index is 572. The molecule has 1 saturated heterocycles. The van der Waals surface area contributed by atoms with Crippen LogP contribution in [0.4, 0.5) is 10.5 Å². The minimum absolute atomic E-state index is 0.0507. The maximum absolute atomic E-state index is 12.3. The van der Waals surface area contributed by atoms with Gasteiger partial charge in [-0.15, -0.1) is 0 Å². The molecule has 0 radical (unpaired) electrons. The summed E-state index contributed by atoms with van der Waals surface area (Å²) in [5.74, 6) is -0.0755. The first-order valence-electron chi connectivity index (χ1n) is 6.82. The molecule has 1 aromatic rings. The van der Waals surface area contributed by atoms with Gasteiger partial charge in [0.1, 0.15) is 0 Å². The lowest BCUT2D eigenvalue weighted by Gasteiger charge is -2.37. The summed E-state index contributed by atoms with van der Waals surface area (Å²) >= 11 is 1.86. The minimum atomic E-state index is -0.987. The number of aromatic carboxylic acids is 1. The number of thioether (sulfide) groups is 1. The minimum Gasteiger partial charge on any atom is -0.478 e. The molecular formula is C15H20N2O3S. The fourth-order valence-corrected chi connectivity index (χ4v) is 3.43. The molecule has 0 aromatic heterocycles. The van der Waals surface area contributed by atoms with Gasteiger partial charge >= 0.3 is 12.0 Å². The molecule has 2 amide bonds. The summed E-state index contributed by atoms with van der Waals surface area (Å²) < 4.78 is 0.0507. The number of carbonyl (C=O) groups excluding carboxylic acids is 1. The van der Waals surface area contributed by atoms with Crippen molar-refractivity contribution in [2.75, 3.05) is 24.2 Å². The molecule has 0 atom stereocenters. The van der Waals surface area contributed by atoms with Crippen LogP contribution in [0.3, 0.4) is 0 Å². The second kappa shape index (κ2) is 5.97. The topological polar surface area (TPSA) is 69.6 Å². The molecule has 6 heteroatoms. The Morgan fingerprint density at radius 3 is 2.71 bits per heavy atom. The van der Waals surface area contributed by atoms with E-state index in [1.165, 1.54) is 6.07 Å². The van der Waals surface area contributed by atoms with Gasteiger partial charge in [0, 0.05) is 29.3 Å². The molecule has 0 unspecified atom stereocenters. The summed E-state index contributed by atoms with van der Waals surface area (Å²) in [5, 5.41) is 11.9. The highest BCUT2D eigenvalue weighted by Gasteiger charge is 2.29. The number of carboxylic acid groups (broad SMARTS) is 1. The van der Waals surface area contributed by atoms with Crippen molar-refractivity contribution in [3.63, 3.8) is 0 Å². The van der Waals surface area contributed by atoms with E-state index in [1.54, 1.807) is 24.0 Å². The average Bonchev–Trinajstić information content (AvgIpc) is 2.39. The van der Waals surface area contributed by atoms with Gasteiger partial charge in [0.05, 0.1) is 5.56 Å². The smallest absolute Gasteiger partial charge is 0.336 e. The zero-order chi connectivity index (χ0) is 15.6. The Hall–Kier alpha value is -1.69. The molecule has 1 fully saturated rings. The van der Waals surface area contributed by atoms with Crippen LogP contribution >= 0.6 is 11.8 Å². The van der Waals surface area contributed by atoms with Crippen LogP contribution in [0.5, 0.6) is 0 Å². The lowest BCUT2D eigenvalue weighted by atomic mass is 10.1. The van der Waals surface area contributed by atoms with Crippen molar-refractivity contribution < 1.29 is 14.7 Å². The summed E-state index contributed by atoms with van der Waals surface area (Å²) in [6, 6.07) is 4.75. The van der Waals surface area contributed by atoms with Crippen molar-refractivity contribution in [1.82, 2.24) is 4.90 Å². The van der Waals surface area contributed by atoms with Crippen LogP contribution in [0, 0.1) is 6.92 Å². The highest BCUT2D eigenvalue weighted by Crippen LogP contribution is 2.29. The molecule has 1 aromatic carbocycles. The quantitative estimate of drug-likeness (QED) is 0.881. The monoisotopic (exact) mass is 308 g/mol. The molecule has 0 saturated carbocycles. The molecular weight excluding hydrogens is 288 g/mol. The van der Waals surface area contributed by atoms with Crippen LogP contribution < -0.4 is 5.32 Å². The van der Waals surface area contributed by atoms with Crippen molar-refractivity contribution in [2.45, 2.75) is 25.5 Å². The lowest BCUT2D eigenvalue weighted by molar-refractivity contribution is 0.0696. The Morgan fingerprint density at radius 1 is 1.38 bits per heavy atom. The van der Waals surface area contributed by atoms with Crippen LogP contribution in [0.15, 0.2) is 18.2 Å². The molecule has 114 valence electrons. The molecule has 2 N–H and O–H groups in total. The van der Waals surface area contributed by atoms with Gasteiger partial charge in [-0.3, -0.25) is 0 Å². The van der Waals surface area contributed by atoms with E-state index in [0.717, 1.165) is 5.75 Å². The van der Waals surface area contributed by atoms with E-state index in [2.05, 4.69) is 19.2 Å². The van der Waals surface area contributed by atoms with Gasteiger partial charge in [-0.25, -0.2) is 9.59 Å². The molecule has 0 spiro atoms. The van der Waals surface area contributed by atoms with Crippen LogP contribution in [0.25, 0.3) is 0 Å². The van der Waals surface area contributed by atoms with E-state index in [9.17, 15) is 9.59 Å². The lowest BCUT2D eigenvalue weighted by Crippen LogP contribution is -2.47. The zero-order valence-corrected chi connectivity index (χ0v) is 13.3. The first-order chi connectivity index (χ1) is 9.78. The number of carbonyl (C=O) groups is 2. The highest BCUT2D eigenvalue weighted by atomic mass is 32.2. The van der Waals surface area contributed by atoms with Crippen molar-refractivity contribution in [1.29, 1.82) is 0 Å². The second-order valence-corrected chi connectivity index (χ2v) is 7.60. The van der Waals surface area contributed by atoms with Crippen LogP contribution in [0.2, 0.25) is 0 Å². The number of hydrogen-bond donors (Lipinski definition) is 2. The maximum Gasteiger partial charge on any atom is 0.336 e. The van der Waals surface area contributed by atoms with Crippen molar-refractivity contribution in [3.05, 3.63) is 29.3 Å². The number of carboxylic acids is 1. The molecule has 1 aliphatic rings. The molecule has 0 bridgehead atoms. The molecule has 1 aliphatic heterocycles. The standard InChI is InChI=1S/C15H20N2O3S/c1-10-4-5-11(8-12(10)13(18)19)16-14(20)17-6-7-21-15(2,3)9-17/h4-5,8H,6-7,9H2,1-3H3,(H,16,20)(H,18,19). The second-order valence-electron chi connectivity index (χ2n) is 5.79. The Kier molecular flexibility index (Phi) is 4.46. The Morgan fingerprint density at radius 2 is 2.10 bits per heavy atom. The maximum atomic E-state index is 12.3.